The Morgan fingerprint density at radius 2 is 2.04 bits per heavy atom. The molecule has 0 saturated heterocycles. The van der Waals surface area contributed by atoms with Crippen molar-refractivity contribution in [2.24, 2.45) is 0 Å². The first-order valence-electron chi connectivity index (χ1n) is 7.92. The maximum absolute atomic E-state index is 9.99. The van der Waals surface area contributed by atoms with Gasteiger partial charge in [-0.3, -0.25) is 0 Å². The van der Waals surface area contributed by atoms with Crippen LogP contribution in [0.5, 0.6) is 11.5 Å². The normalized spacial score (nSPS) is 12.3. The van der Waals surface area contributed by atoms with Gasteiger partial charge in [-0.25, -0.2) is 5.10 Å². The van der Waals surface area contributed by atoms with E-state index in [0.29, 0.717) is 34.9 Å². The zero-order valence-electron chi connectivity index (χ0n) is 13.9. The molecule has 0 saturated carbocycles. The number of H-pyrrole nitrogens is 1. The molecule has 1 aromatic carbocycles. The second-order valence-corrected chi connectivity index (χ2v) is 6.00. The number of aromatic amines is 1. The van der Waals surface area contributed by atoms with Crippen molar-refractivity contribution in [3.8, 4) is 11.5 Å². The average Bonchev–Trinajstić information content (AvgIpc) is 3.12. The third-order valence-corrected chi connectivity index (χ3v) is 4.17. The summed E-state index contributed by atoms with van der Waals surface area (Å²) in [5, 5.41) is 45.5. The van der Waals surface area contributed by atoms with Crippen LogP contribution in [0.1, 0.15) is 18.9 Å². The van der Waals surface area contributed by atoms with Crippen molar-refractivity contribution < 1.29 is 15.3 Å². The molecule has 0 aliphatic rings. The first-order valence-corrected chi connectivity index (χ1v) is 8.30. The predicted octanol–water partition coefficient (Wildman–Crippen LogP) is 1.61. The number of rotatable bonds is 7. The van der Waals surface area contributed by atoms with Crippen LogP contribution >= 0.6 is 11.6 Å². The van der Waals surface area contributed by atoms with E-state index < -0.39 is 0 Å². The van der Waals surface area contributed by atoms with Crippen LogP contribution in [-0.2, 0) is 6.54 Å². The molecule has 0 bridgehead atoms. The minimum atomic E-state index is -0.378. The highest BCUT2D eigenvalue weighted by molar-refractivity contribution is 6.32. The third kappa shape index (κ3) is 3.55. The third-order valence-electron chi connectivity index (χ3n) is 3.87. The second kappa shape index (κ2) is 7.58. The minimum Gasteiger partial charge on any atom is -0.504 e. The number of hydrogen-bond donors (Lipinski definition) is 6. The Balaban J connectivity index is 1.87. The Bertz CT molecular complexity index is 914. The maximum atomic E-state index is 9.99. The van der Waals surface area contributed by atoms with Gasteiger partial charge in [0.2, 0.25) is 5.95 Å². The molecule has 10 nitrogen and oxygen atoms in total. The molecule has 6 N–H and O–H groups in total. The molecule has 138 valence electrons. The van der Waals surface area contributed by atoms with Gasteiger partial charge in [-0.15, -0.1) is 5.10 Å². The Morgan fingerprint density at radius 1 is 1.23 bits per heavy atom. The summed E-state index contributed by atoms with van der Waals surface area (Å²) in [6, 6.07) is 2.89. The predicted molar refractivity (Wildman–Crippen MR) is 96.4 cm³/mol. The number of phenols is 2. The van der Waals surface area contributed by atoms with Crippen LogP contribution in [0, 0.1) is 0 Å². The van der Waals surface area contributed by atoms with E-state index in [-0.39, 0.29) is 35.7 Å². The standard InChI is InChI=1S/C15H18ClN7O3/c1-2-8(6-24)18-15-19-13(10-14(20-15)22-23-21-10)17-5-7-3-4-9(16)12(26)11(7)25/h3-4,8,24-26H,2,5-6H2,1H3,(H3,17,18,19,20,21,22,23). The summed E-state index contributed by atoms with van der Waals surface area (Å²) in [7, 11) is 0. The zero-order valence-corrected chi connectivity index (χ0v) is 14.6. The lowest BCUT2D eigenvalue weighted by atomic mass is 10.2. The summed E-state index contributed by atoms with van der Waals surface area (Å²) in [4.78, 5) is 8.63. The van der Waals surface area contributed by atoms with E-state index in [2.05, 4.69) is 36.0 Å². The Labute approximate surface area is 153 Å². The largest absolute Gasteiger partial charge is 0.504 e. The number of benzene rings is 1. The number of aliphatic hydroxyl groups excluding tert-OH is 1. The first-order chi connectivity index (χ1) is 12.5. The number of halogens is 1. The summed E-state index contributed by atoms with van der Waals surface area (Å²) in [6.45, 7) is 2.03. The van der Waals surface area contributed by atoms with Gasteiger partial charge in [-0.1, -0.05) is 29.8 Å². The number of phenolic OH excluding ortho intramolecular Hbond substituents is 2. The van der Waals surface area contributed by atoms with Gasteiger partial charge in [0.15, 0.2) is 28.5 Å². The van der Waals surface area contributed by atoms with Crippen LogP contribution in [0.3, 0.4) is 0 Å². The number of anilines is 2. The Hall–Kier alpha value is -2.85. The maximum Gasteiger partial charge on any atom is 0.227 e. The summed E-state index contributed by atoms with van der Waals surface area (Å²) in [6.07, 6.45) is 0.694. The van der Waals surface area contributed by atoms with Crippen molar-refractivity contribution in [2.45, 2.75) is 25.9 Å². The van der Waals surface area contributed by atoms with Crippen LogP contribution < -0.4 is 10.6 Å². The second-order valence-electron chi connectivity index (χ2n) is 5.59. The fourth-order valence-electron chi connectivity index (χ4n) is 2.32. The lowest BCUT2D eigenvalue weighted by molar-refractivity contribution is 0.271. The molecule has 2 aromatic heterocycles. The van der Waals surface area contributed by atoms with Gasteiger partial charge in [-0.05, 0) is 12.5 Å². The summed E-state index contributed by atoms with van der Waals surface area (Å²) < 4.78 is 0. The molecule has 0 aliphatic carbocycles. The molecule has 11 heteroatoms. The summed E-state index contributed by atoms with van der Waals surface area (Å²) >= 11 is 5.76. The summed E-state index contributed by atoms with van der Waals surface area (Å²) in [5.74, 6) is -0.000497. The average molecular weight is 380 g/mol. The lowest BCUT2D eigenvalue weighted by Crippen LogP contribution is -2.24. The van der Waals surface area contributed by atoms with Crippen molar-refractivity contribution in [1.82, 2.24) is 25.4 Å². The fraction of sp³-hybridized carbons (Fsp3) is 0.333. The highest BCUT2D eigenvalue weighted by Gasteiger charge is 2.15. The van der Waals surface area contributed by atoms with Gasteiger partial charge in [0.25, 0.3) is 0 Å². The van der Waals surface area contributed by atoms with Crippen molar-refractivity contribution in [3.05, 3.63) is 22.7 Å². The fourth-order valence-corrected chi connectivity index (χ4v) is 2.47. The monoisotopic (exact) mass is 379 g/mol. The molecule has 0 radical (unpaired) electrons. The number of nitrogens with one attached hydrogen (secondary N) is 3. The zero-order chi connectivity index (χ0) is 18.7. The van der Waals surface area contributed by atoms with Crippen LogP contribution in [-0.4, -0.2) is 53.3 Å². The highest BCUT2D eigenvalue weighted by atomic mass is 35.5. The molecule has 1 unspecified atom stereocenters. The van der Waals surface area contributed by atoms with E-state index in [1.807, 2.05) is 6.92 Å². The number of hydrogen-bond acceptors (Lipinski definition) is 9. The number of nitrogens with zero attached hydrogens (tertiary/aromatic N) is 4. The minimum absolute atomic E-state index is 0.0557. The van der Waals surface area contributed by atoms with Gasteiger partial charge in [0, 0.05) is 12.1 Å². The molecule has 1 atom stereocenters. The molecule has 0 amide bonds. The highest BCUT2D eigenvalue weighted by Crippen LogP contribution is 2.36. The molecular formula is C15H18ClN7O3. The SMILES string of the molecule is CCC(CO)Nc1nc(NCc2ccc(Cl)c(O)c2O)c2nn[nH]c2n1. The van der Waals surface area contributed by atoms with Crippen molar-refractivity contribution in [2.75, 3.05) is 17.2 Å². The molecular weight excluding hydrogens is 362 g/mol. The van der Waals surface area contributed by atoms with Crippen LogP contribution in [0.2, 0.25) is 5.02 Å². The Morgan fingerprint density at radius 3 is 2.77 bits per heavy atom. The quantitative estimate of drug-likeness (QED) is 0.336. The molecule has 0 fully saturated rings. The summed E-state index contributed by atoms with van der Waals surface area (Å²) in [5.41, 5.74) is 1.27. The van der Waals surface area contributed by atoms with Gasteiger partial charge in [0.1, 0.15) is 0 Å². The van der Waals surface area contributed by atoms with E-state index in [0.717, 1.165) is 0 Å². The molecule has 26 heavy (non-hydrogen) atoms. The van der Waals surface area contributed by atoms with E-state index in [4.69, 9.17) is 11.6 Å². The van der Waals surface area contributed by atoms with Crippen LogP contribution in [0.25, 0.3) is 11.2 Å². The van der Waals surface area contributed by atoms with Gasteiger partial charge >= 0.3 is 0 Å². The molecule has 3 aromatic rings. The van der Waals surface area contributed by atoms with Crippen molar-refractivity contribution in [1.29, 1.82) is 0 Å². The van der Waals surface area contributed by atoms with Crippen LogP contribution in [0.15, 0.2) is 12.1 Å². The lowest BCUT2D eigenvalue weighted by Gasteiger charge is -2.15. The van der Waals surface area contributed by atoms with E-state index in [1.165, 1.54) is 6.07 Å². The Kier molecular flexibility index (Phi) is 5.24. The number of aliphatic hydroxyl groups is 1. The van der Waals surface area contributed by atoms with Gasteiger partial charge in [-0.2, -0.15) is 9.97 Å². The van der Waals surface area contributed by atoms with Gasteiger partial charge in [0.05, 0.1) is 17.7 Å². The van der Waals surface area contributed by atoms with Crippen molar-refractivity contribution >= 4 is 34.5 Å². The first kappa shape index (κ1) is 18.0. The van der Waals surface area contributed by atoms with Gasteiger partial charge < -0.3 is 26.0 Å². The van der Waals surface area contributed by atoms with Crippen molar-refractivity contribution in [3.63, 3.8) is 0 Å². The van der Waals surface area contributed by atoms with E-state index in [9.17, 15) is 15.3 Å². The molecule has 0 aliphatic heterocycles. The number of aromatic hydroxyl groups is 2. The molecule has 2 heterocycles. The topological polar surface area (TPSA) is 152 Å². The van der Waals surface area contributed by atoms with Crippen LogP contribution in [0.4, 0.5) is 11.8 Å². The smallest absolute Gasteiger partial charge is 0.227 e. The number of fused-ring (bicyclic) bond motifs is 1. The molecule has 3 rings (SSSR count). The number of aromatic nitrogens is 5. The van der Waals surface area contributed by atoms with E-state index in [1.54, 1.807) is 6.07 Å². The molecule has 0 spiro atoms. The van der Waals surface area contributed by atoms with E-state index >= 15 is 0 Å².